The first-order chi connectivity index (χ1) is 6.04. The highest BCUT2D eigenvalue weighted by Gasteiger charge is 2.28. The molecular formula is C6H8Cl3N3S. The Bertz CT molecular complexity index is 270. The number of hydrogen-bond acceptors (Lipinski definition) is 4. The fourth-order valence-corrected chi connectivity index (χ4v) is 1.69. The Morgan fingerprint density at radius 1 is 1.46 bits per heavy atom. The minimum absolute atomic E-state index is 0.223. The van der Waals surface area contributed by atoms with Crippen molar-refractivity contribution < 1.29 is 0 Å². The quantitative estimate of drug-likeness (QED) is 0.848. The summed E-state index contributed by atoms with van der Waals surface area (Å²) in [5, 5.41) is 3.74. The van der Waals surface area contributed by atoms with Crippen molar-refractivity contribution in [2.45, 2.75) is 17.1 Å². The summed E-state index contributed by atoms with van der Waals surface area (Å²) in [6.07, 6.45) is 1.02. The molecule has 3 nitrogen and oxygen atoms in total. The largest absolute Gasteiger partial charge is 0.360 e. The summed E-state index contributed by atoms with van der Waals surface area (Å²) in [5.41, 5.74) is 0. The molecule has 0 aliphatic heterocycles. The van der Waals surface area contributed by atoms with E-state index >= 15 is 0 Å². The first-order valence-electron chi connectivity index (χ1n) is 3.69. The summed E-state index contributed by atoms with van der Waals surface area (Å²) in [4.78, 5) is 4.02. The number of aromatic nitrogens is 2. The van der Waals surface area contributed by atoms with Gasteiger partial charge in [0.25, 0.3) is 3.79 Å². The molecule has 1 heterocycles. The maximum Gasteiger partial charge on any atom is 0.251 e. The van der Waals surface area contributed by atoms with Crippen molar-refractivity contribution in [1.29, 1.82) is 0 Å². The SMILES string of the molecule is CCCNc1nc(C(Cl)(Cl)Cl)ns1. The van der Waals surface area contributed by atoms with Gasteiger partial charge in [0.2, 0.25) is 5.13 Å². The lowest BCUT2D eigenvalue weighted by Gasteiger charge is -2.03. The predicted molar refractivity (Wildman–Crippen MR) is 57.9 cm³/mol. The van der Waals surface area contributed by atoms with E-state index in [-0.39, 0.29) is 5.82 Å². The molecule has 0 unspecified atom stereocenters. The summed E-state index contributed by atoms with van der Waals surface area (Å²) < 4.78 is 2.39. The van der Waals surface area contributed by atoms with Crippen molar-refractivity contribution in [2.75, 3.05) is 11.9 Å². The average Bonchev–Trinajstić information content (AvgIpc) is 2.47. The van der Waals surface area contributed by atoms with Crippen LogP contribution in [0.5, 0.6) is 0 Å². The molecule has 13 heavy (non-hydrogen) atoms. The Balaban J connectivity index is 2.64. The van der Waals surface area contributed by atoms with Gasteiger partial charge < -0.3 is 5.32 Å². The van der Waals surface area contributed by atoms with Crippen molar-refractivity contribution in [1.82, 2.24) is 9.36 Å². The molecule has 0 atom stereocenters. The molecule has 0 aliphatic carbocycles. The Kier molecular flexibility index (Phi) is 4.04. The molecule has 0 spiro atoms. The maximum absolute atomic E-state index is 5.59. The smallest absolute Gasteiger partial charge is 0.251 e. The second-order valence-electron chi connectivity index (χ2n) is 2.35. The highest BCUT2D eigenvalue weighted by molar-refractivity contribution is 7.09. The van der Waals surface area contributed by atoms with Gasteiger partial charge in [0.1, 0.15) is 0 Å². The van der Waals surface area contributed by atoms with Gasteiger partial charge in [0, 0.05) is 18.1 Å². The van der Waals surface area contributed by atoms with E-state index in [0.29, 0.717) is 5.13 Å². The van der Waals surface area contributed by atoms with Crippen LogP contribution in [-0.2, 0) is 3.79 Å². The molecule has 1 aromatic rings. The van der Waals surface area contributed by atoms with E-state index in [1.165, 1.54) is 11.5 Å². The van der Waals surface area contributed by atoms with Gasteiger partial charge in [-0.3, -0.25) is 0 Å². The van der Waals surface area contributed by atoms with Gasteiger partial charge in [-0.25, -0.2) is 0 Å². The van der Waals surface area contributed by atoms with Gasteiger partial charge >= 0.3 is 0 Å². The standard InChI is InChI=1S/C6H8Cl3N3S/c1-2-3-10-5-11-4(12-13-5)6(7,8)9/h2-3H2,1H3,(H,10,11,12). The molecule has 7 heteroatoms. The molecule has 0 saturated heterocycles. The molecule has 74 valence electrons. The molecule has 1 N–H and O–H groups in total. The third-order valence-corrected chi connectivity index (χ3v) is 2.39. The van der Waals surface area contributed by atoms with Crippen molar-refractivity contribution in [3.8, 4) is 0 Å². The summed E-state index contributed by atoms with van der Waals surface area (Å²) in [6.45, 7) is 2.90. The molecule has 0 saturated carbocycles. The van der Waals surface area contributed by atoms with E-state index in [1.54, 1.807) is 0 Å². The minimum Gasteiger partial charge on any atom is -0.360 e. The lowest BCUT2D eigenvalue weighted by atomic mass is 10.5. The van der Waals surface area contributed by atoms with Crippen LogP contribution in [0.1, 0.15) is 19.2 Å². The monoisotopic (exact) mass is 259 g/mol. The average molecular weight is 261 g/mol. The van der Waals surface area contributed by atoms with Crippen LogP contribution in [-0.4, -0.2) is 15.9 Å². The number of hydrogen-bond donors (Lipinski definition) is 1. The van der Waals surface area contributed by atoms with Crippen LogP contribution in [0.3, 0.4) is 0 Å². The van der Waals surface area contributed by atoms with Gasteiger partial charge in [-0.2, -0.15) is 9.36 Å². The molecule has 1 rings (SSSR count). The number of halogens is 3. The second-order valence-corrected chi connectivity index (χ2v) is 5.38. The van der Waals surface area contributed by atoms with Crippen LogP contribution in [0.4, 0.5) is 5.13 Å². The molecular weight excluding hydrogens is 253 g/mol. The van der Waals surface area contributed by atoms with E-state index in [4.69, 9.17) is 34.8 Å². The van der Waals surface area contributed by atoms with E-state index in [1.807, 2.05) is 0 Å². The van der Waals surface area contributed by atoms with Gasteiger partial charge in [0.15, 0.2) is 5.82 Å². The fourth-order valence-electron chi connectivity index (χ4n) is 0.642. The van der Waals surface area contributed by atoms with Gasteiger partial charge in [0.05, 0.1) is 0 Å². The molecule has 0 aliphatic rings. The van der Waals surface area contributed by atoms with Crippen molar-refractivity contribution in [3.05, 3.63) is 5.82 Å². The zero-order chi connectivity index (χ0) is 9.90. The van der Waals surface area contributed by atoms with E-state index in [0.717, 1.165) is 13.0 Å². The lowest BCUT2D eigenvalue weighted by Crippen LogP contribution is -2.04. The van der Waals surface area contributed by atoms with E-state index < -0.39 is 3.79 Å². The van der Waals surface area contributed by atoms with Gasteiger partial charge in [-0.05, 0) is 6.42 Å². The molecule has 0 amide bonds. The Labute approximate surface area is 95.6 Å². The predicted octanol–water partition coefficient (Wildman–Crippen LogP) is 3.19. The van der Waals surface area contributed by atoms with Crippen LogP contribution in [0.2, 0.25) is 0 Å². The fraction of sp³-hybridized carbons (Fsp3) is 0.667. The zero-order valence-corrected chi connectivity index (χ0v) is 9.94. The first-order valence-corrected chi connectivity index (χ1v) is 5.59. The maximum atomic E-state index is 5.59. The Morgan fingerprint density at radius 2 is 2.15 bits per heavy atom. The molecule has 0 fully saturated rings. The third-order valence-electron chi connectivity index (χ3n) is 1.21. The molecule has 0 radical (unpaired) electrons. The lowest BCUT2D eigenvalue weighted by molar-refractivity contribution is 0.966. The van der Waals surface area contributed by atoms with E-state index in [2.05, 4.69) is 21.6 Å². The topological polar surface area (TPSA) is 37.8 Å². The molecule has 0 bridgehead atoms. The summed E-state index contributed by atoms with van der Waals surface area (Å²) in [7, 11) is 0. The highest BCUT2D eigenvalue weighted by atomic mass is 35.6. The van der Waals surface area contributed by atoms with Crippen LogP contribution in [0.25, 0.3) is 0 Å². The van der Waals surface area contributed by atoms with Gasteiger partial charge in [-0.15, -0.1) is 0 Å². The summed E-state index contributed by atoms with van der Waals surface area (Å²) >= 11 is 18.0. The molecule has 1 aromatic heterocycles. The Hall–Kier alpha value is 0.230. The molecule has 0 aromatic carbocycles. The summed E-state index contributed by atoms with van der Waals surface area (Å²) in [5.74, 6) is 0.223. The van der Waals surface area contributed by atoms with Crippen molar-refractivity contribution in [3.63, 3.8) is 0 Å². The second kappa shape index (κ2) is 4.64. The number of anilines is 1. The van der Waals surface area contributed by atoms with Crippen LogP contribution < -0.4 is 5.32 Å². The third kappa shape index (κ3) is 3.46. The highest BCUT2D eigenvalue weighted by Crippen LogP contribution is 2.37. The van der Waals surface area contributed by atoms with Crippen LogP contribution in [0.15, 0.2) is 0 Å². The normalized spacial score (nSPS) is 11.7. The minimum atomic E-state index is -1.53. The summed E-state index contributed by atoms with van der Waals surface area (Å²) in [6, 6.07) is 0. The van der Waals surface area contributed by atoms with E-state index in [9.17, 15) is 0 Å². The number of nitrogens with zero attached hydrogens (tertiary/aromatic N) is 2. The van der Waals surface area contributed by atoms with Crippen molar-refractivity contribution in [2.24, 2.45) is 0 Å². The van der Waals surface area contributed by atoms with Crippen molar-refractivity contribution >= 4 is 51.5 Å². The van der Waals surface area contributed by atoms with Gasteiger partial charge in [-0.1, -0.05) is 41.7 Å². The Morgan fingerprint density at radius 3 is 2.62 bits per heavy atom. The van der Waals surface area contributed by atoms with Crippen LogP contribution in [0, 0.1) is 0 Å². The zero-order valence-electron chi connectivity index (χ0n) is 6.85. The number of alkyl halides is 3. The number of nitrogens with one attached hydrogen (secondary N) is 1. The number of rotatable bonds is 3. The first kappa shape index (κ1) is 11.3. The van der Waals surface area contributed by atoms with Crippen LogP contribution >= 0.6 is 46.3 Å².